The molecule has 9 nitrogen and oxygen atoms in total. The number of likely N-dealkylation sites (N-methyl/N-ethyl adjacent to an activating group) is 1. The van der Waals surface area contributed by atoms with Crippen LogP contribution in [0.5, 0.6) is 5.75 Å². The summed E-state index contributed by atoms with van der Waals surface area (Å²) in [7, 11) is -2.39. The first-order chi connectivity index (χ1) is 14.8. The summed E-state index contributed by atoms with van der Waals surface area (Å²) >= 11 is 0. The van der Waals surface area contributed by atoms with E-state index in [1.54, 1.807) is 19.2 Å². The number of rotatable bonds is 4. The Kier molecular flexibility index (Phi) is 5.40. The quantitative estimate of drug-likeness (QED) is 0.625. The molecule has 0 bridgehead atoms. The van der Waals surface area contributed by atoms with Gasteiger partial charge in [0.25, 0.3) is 5.91 Å². The van der Waals surface area contributed by atoms with Crippen LogP contribution in [-0.2, 0) is 16.6 Å². The molecule has 2 aliphatic heterocycles. The van der Waals surface area contributed by atoms with Crippen LogP contribution in [0.3, 0.4) is 0 Å². The highest BCUT2D eigenvalue weighted by molar-refractivity contribution is 7.89. The number of carbonyl (C=O) groups is 1. The molecule has 4 rings (SSSR count). The number of phenolic OH excluding ortho intramolecular Hbond substituents is 1. The molecule has 2 heterocycles. The third-order valence-electron chi connectivity index (χ3n) is 5.35. The van der Waals surface area contributed by atoms with Crippen molar-refractivity contribution >= 4 is 33.5 Å². The normalized spacial score (nSPS) is 18.1. The standard InChI is InChI=1S/C21H23N5O4S/c1-3-15(13-7-5-4-6-8-13)22-19-20(25-31(29,30)24-19)23-16-10-9-14-11-12-26(2)21(28)17(14)18(16)27/h4-10,15,27H,3,11-12H2,1-2H3,(H,22,24)(H,23,25)/t15-/m1/s1. The lowest BCUT2D eigenvalue weighted by molar-refractivity contribution is 0.0777. The van der Waals surface area contributed by atoms with E-state index in [9.17, 15) is 18.3 Å². The monoisotopic (exact) mass is 441 g/mol. The summed E-state index contributed by atoms with van der Waals surface area (Å²) in [5.74, 6) is -0.515. The molecule has 0 aromatic heterocycles. The van der Waals surface area contributed by atoms with Crippen molar-refractivity contribution in [2.75, 3.05) is 18.9 Å². The Morgan fingerprint density at radius 3 is 2.55 bits per heavy atom. The molecule has 10 heteroatoms. The summed E-state index contributed by atoms with van der Waals surface area (Å²) in [6, 6.07) is 12.7. The average Bonchev–Trinajstić information content (AvgIpc) is 3.04. The first-order valence-corrected chi connectivity index (χ1v) is 11.3. The second-order valence-corrected chi connectivity index (χ2v) is 8.70. The molecule has 31 heavy (non-hydrogen) atoms. The third-order valence-corrected chi connectivity index (χ3v) is 6.18. The van der Waals surface area contributed by atoms with Crippen molar-refractivity contribution in [3.05, 3.63) is 59.2 Å². The lowest BCUT2D eigenvalue weighted by Crippen LogP contribution is -2.37. The fourth-order valence-electron chi connectivity index (χ4n) is 3.67. The summed E-state index contributed by atoms with van der Waals surface area (Å²) < 4.78 is 31.5. The smallest absolute Gasteiger partial charge is 0.367 e. The maximum atomic E-state index is 12.5. The molecule has 1 amide bonds. The van der Waals surface area contributed by atoms with E-state index >= 15 is 0 Å². The Balaban J connectivity index is 1.64. The zero-order chi connectivity index (χ0) is 22.2. The maximum Gasteiger partial charge on any atom is 0.367 e. The van der Waals surface area contributed by atoms with Crippen LogP contribution < -0.4 is 10.6 Å². The summed E-state index contributed by atoms with van der Waals surface area (Å²) in [6.07, 6.45) is 1.31. The fourth-order valence-corrected chi connectivity index (χ4v) is 4.45. The topological polar surface area (TPSA) is 123 Å². The number of nitrogens with zero attached hydrogens (tertiary/aromatic N) is 3. The molecule has 0 aliphatic carbocycles. The van der Waals surface area contributed by atoms with E-state index < -0.39 is 10.2 Å². The minimum Gasteiger partial charge on any atom is -0.505 e. The van der Waals surface area contributed by atoms with E-state index in [2.05, 4.69) is 19.4 Å². The Hall–Kier alpha value is -3.40. The Morgan fingerprint density at radius 1 is 1.13 bits per heavy atom. The van der Waals surface area contributed by atoms with E-state index in [1.807, 2.05) is 37.3 Å². The van der Waals surface area contributed by atoms with Crippen LogP contribution >= 0.6 is 0 Å². The van der Waals surface area contributed by atoms with Crippen molar-refractivity contribution in [2.45, 2.75) is 25.8 Å². The predicted octanol–water partition coefficient (Wildman–Crippen LogP) is 2.23. The van der Waals surface area contributed by atoms with Crippen LogP contribution in [0, 0.1) is 0 Å². The first-order valence-electron chi connectivity index (χ1n) is 9.93. The number of hydrogen-bond donors (Lipinski definition) is 3. The number of aromatic hydroxyl groups is 1. The zero-order valence-corrected chi connectivity index (χ0v) is 18.0. The van der Waals surface area contributed by atoms with Gasteiger partial charge < -0.3 is 20.6 Å². The van der Waals surface area contributed by atoms with Crippen molar-refractivity contribution in [1.29, 1.82) is 0 Å². The van der Waals surface area contributed by atoms with Crippen molar-refractivity contribution in [3.63, 3.8) is 0 Å². The molecule has 0 fully saturated rings. The van der Waals surface area contributed by atoms with E-state index in [1.165, 1.54) is 4.90 Å². The van der Waals surface area contributed by atoms with Crippen LogP contribution in [-0.4, -0.2) is 49.6 Å². The zero-order valence-electron chi connectivity index (χ0n) is 17.2. The van der Waals surface area contributed by atoms with Crippen molar-refractivity contribution in [1.82, 2.24) is 10.2 Å². The van der Waals surface area contributed by atoms with Gasteiger partial charge in [0.1, 0.15) is 0 Å². The van der Waals surface area contributed by atoms with Crippen LogP contribution in [0.2, 0.25) is 0 Å². The number of benzene rings is 2. The summed E-state index contributed by atoms with van der Waals surface area (Å²) in [5.41, 5.74) is 2.11. The van der Waals surface area contributed by atoms with E-state index in [-0.39, 0.29) is 40.6 Å². The molecule has 0 spiro atoms. The largest absolute Gasteiger partial charge is 0.505 e. The molecular weight excluding hydrogens is 418 g/mol. The van der Waals surface area contributed by atoms with Crippen molar-refractivity contribution in [3.8, 4) is 5.75 Å². The Labute approximate surface area is 180 Å². The predicted molar refractivity (Wildman–Crippen MR) is 119 cm³/mol. The Morgan fingerprint density at radius 2 is 1.84 bits per heavy atom. The van der Waals surface area contributed by atoms with Crippen LogP contribution in [0.25, 0.3) is 0 Å². The maximum absolute atomic E-state index is 12.5. The third kappa shape index (κ3) is 4.11. The summed E-state index contributed by atoms with van der Waals surface area (Å²) in [6.45, 7) is 2.54. The SMILES string of the molecule is CC[C@@H](NC1=NS(=O)(=O)N=C1Nc1ccc2c(c1O)C(=O)N(C)CC2)c1ccccc1. The molecule has 2 aromatic rings. The molecule has 2 aliphatic rings. The van der Waals surface area contributed by atoms with E-state index in [0.717, 1.165) is 11.1 Å². The van der Waals surface area contributed by atoms with Gasteiger partial charge in [0, 0.05) is 13.6 Å². The van der Waals surface area contributed by atoms with Crippen molar-refractivity contribution in [2.24, 2.45) is 8.80 Å². The molecule has 0 unspecified atom stereocenters. The number of fused-ring (bicyclic) bond motifs is 1. The number of nitrogens with one attached hydrogen (secondary N) is 2. The van der Waals surface area contributed by atoms with E-state index in [4.69, 9.17) is 0 Å². The highest BCUT2D eigenvalue weighted by atomic mass is 32.2. The molecule has 1 atom stereocenters. The molecule has 0 saturated heterocycles. The summed E-state index contributed by atoms with van der Waals surface area (Å²) in [4.78, 5) is 14.0. The van der Waals surface area contributed by atoms with Crippen LogP contribution in [0.4, 0.5) is 5.69 Å². The number of phenols is 1. The number of hydrogen-bond acceptors (Lipinski definition) is 6. The Bertz CT molecular complexity index is 1190. The van der Waals surface area contributed by atoms with Gasteiger partial charge in [-0.25, -0.2) is 0 Å². The second kappa shape index (κ2) is 8.03. The lowest BCUT2D eigenvalue weighted by atomic mass is 9.97. The molecule has 2 aromatic carbocycles. The van der Waals surface area contributed by atoms with Gasteiger partial charge in [-0.2, -0.15) is 8.42 Å². The highest BCUT2D eigenvalue weighted by Crippen LogP contribution is 2.34. The lowest BCUT2D eigenvalue weighted by Gasteiger charge is -2.26. The molecule has 0 saturated carbocycles. The van der Waals surface area contributed by atoms with Gasteiger partial charge >= 0.3 is 10.2 Å². The van der Waals surface area contributed by atoms with Crippen LogP contribution in [0.15, 0.2) is 51.3 Å². The highest BCUT2D eigenvalue weighted by Gasteiger charge is 2.30. The molecule has 0 radical (unpaired) electrons. The van der Waals surface area contributed by atoms with Gasteiger partial charge in [-0.3, -0.25) is 4.79 Å². The van der Waals surface area contributed by atoms with Crippen LogP contribution in [0.1, 0.15) is 40.9 Å². The van der Waals surface area contributed by atoms with E-state index in [0.29, 0.717) is 19.4 Å². The number of amidine groups is 2. The van der Waals surface area contributed by atoms with Gasteiger partial charge in [-0.15, -0.1) is 8.80 Å². The average molecular weight is 442 g/mol. The minimum absolute atomic E-state index is 0.0405. The van der Waals surface area contributed by atoms with Gasteiger partial charge in [0.2, 0.25) is 0 Å². The fraction of sp³-hybridized carbons (Fsp3) is 0.286. The first kappa shape index (κ1) is 20.9. The molecule has 162 valence electrons. The summed E-state index contributed by atoms with van der Waals surface area (Å²) in [5, 5.41) is 16.7. The van der Waals surface area contributed by atoms with Gasteiger partial charge in [0.05, 0.1) is 17.3 Å². The van der Waals surface area contributed by atoms with Gasteiger partial charge in [0.15, 0.2) is 17.4 Å². The van der Waals surface area contributed by atoms with Gasteiger partial charge in [-0.1, -0.05) is 43.3 Å². The number of amides is 1. The van der Waals surface area contributed by atoms with Gasteiger partial charge in [-0.05, 0) is 30.0 Å². The number of anilines is 1. The van der Waals surface area contributed by atoms with Crippen molar-refractivity contribution < 1.29 is 18.3 Å². The molecule has 3 N–H and O–H groups in total. The second-order valence-electron chi connectivity index (χ2n) is 7.44. The minimum atomic E-state index is -4.06. The number of carbonyl (C=O) groups excluding carboxylic acids is 1. The molecular formula is C21H23N5O4S.